The summed E-state index contributed by atoms with van der Waals surface area (Å²) >= 11 is 0. The van der Waals surface area contributed by atoms with Crippen molar-refractivity contribution in [3.8, 4) is 5.75 Å². The molecule has 0 radical (unpaired) electrons. The van der Waals surface area contributed by atoms with Gasteiger partial charge in [0.05, 0.1) is 6.61 Å². The predicted molar refractivity (Wildman–Crippen MR) is 98.0 cm³/mol. The molecule has 0 N–H and O–H groups in total. The van der Waals surface area contributed by atoms with Gasteiger partial charge in [-0.15, -0.1) is 0 Å². The second-order valence-corrected chi connectivity index (χ2v) is 14.2. The predicted octanol–water partition coefficient (Wildman–Crippen LogP) is 4.56. The van der Waals surface area contributed by atoms with Crippen molar-refractivity contribution in [2.45, 2.75) is 31.2 Å². The van der Waals surface area contributed by atoms with Crippen LogP contribution >= 0.6 is 0 Å². The molecule has 0 bridgehead atoms. The zero-order chi connectivity index (χ0) is 20.5. The van der Waals surface area contributed by atoms with Gasteiger partial charge in [-0.05, 0) is 17.5 Å². The van der Waals surface area contributed by atoms with Gasteiger partial charge < -0.3 is 8.92 Å². The minimum Gasteiger partial charge on any atom is -0.462 e. The first-order chi connectivity index (χ1) is 12.3. The van der Waals surface area contributed by atoms with E-state index in [-0.39, 0.29) is 17.6 Å². The van der Waals surface area contributed by atoms with Crippen LogP contribution in [0.4, 0.5) is 13.2 Å². The quantitative estimate of drug-likeness (QED) is 0.296. The zero-order valence-electron chi connectivity index (χ0n) is 15.0. The van der Waals surface area contributed by atoms with E-state index in [9.17, 15) is 26.4 Å². The number of fused-ring (bicyclic) bond motifs is 1. The van der Waals surface area contributed by atoms with Crippen molar-refractivity contribution in [2.24, 2.45) is 0 Å². The highest BCUT2D eigenvalue weighted by atomic mass is 32.2. The van der Waals surface area contributed by atoms with Gasteiger partial charge in [-0.2, -0.15) is 21.6 Å². The van der Waals surface area contributed by atoms with Crippen molar-refractivity contribution in [1.82, 2.24) is 0 Å². The smallest absolute Gasteiger partial charge is 0.462 e. The molecule has 2 aromatic carbocycles. The van der Waals surface area contributed by atoms with Gasteiger partial charge in [0.25, 0.3) is 0 Å². The molecule has 0 saturated heterocycles. The van der Waals surface area contributed by atoms with E-state index in [2.05, 4.69) is 23.8 Å². The van der Waals surface area contributed by atoms with E-state index in [1.807, 2.05) is 0 Å². The molecule has 0 atom stereocenters. The van der Waals surface area contributed by atoms with Crippen LogP contribution in [0, 0.1) is 0 Å². The van der Waals surface area contributed by atoms with Crippen LogP contribution in [0.1, 0.15) is 10.4 Å². The van der Waals surface area contributed by atoms with Gasteiger partial charge in [0.15, 0.2) is 5.75 Å². The summed E-state index contributed by atoms with van der Waals surface area (Å²) < 4.78 is 70.2. The molecule has 0 unspecified atom stereocenters. The molecule has 27 heavy (non-hydrogen) atoms. The van der Waals surface area contributed by atoms with Crippen LogP contribution in [-0.4, -0.2) is 34.6 Å². The number of hydrogen-bond donors (Lipinski definition) is 0. The van der Waals surface area contributed by atoms with E-state index in [4.69, 9.17) is 4.74 Å². The Kier molecular flexibility index (Phi) is 5.90. The lowest BCUT2D eigenvalue weighted by Crippen LogP contribution is -2.29. The molecule has 10 heteroatoms. The van der Waals surface area contributed by atoms with E-state index >= 15 is 0 Å². The minimum absolute atomic E-state index is 0.0865. The second-order valence-electron chi connectivity index (χ2n) is 7.09. The molecule has 2 rings (SSSR count). The van der Waals surface area contributed by atoms with Crippen LogP contribution in [0.25, 0.3) is 10.8 Å². The number of carbonyl (C=O) groups is 1. The third kappa shape index (κ3) is 5.22. The van der Waals surface area contributed by atoms with Crippen LogP contribution < -0.4 is 4.18 Å². The molecular formula is C17H19F3O5SSi. The number of alkyl halides is 3. The summed E-state index contributed by atoms with van der Waals surface area (Å²) in [6.45, 7) is 6.30. The molecule has 148 valence electrons. The van der Waals surface area contributed by atoms with Crippen molar-refractivity contribution in [2.75, 3.05) is 6.61 Å². The van der Waals surface area contributed by atoms with Gasteiger partial charge in [-0.1, -0.05) is 50.0 Å². The van der Waals surface area contributed by atoms with E-state index in [1.54, 1.807) is 18.2 Å². The molecule has 0 aromatic heterocycles. The molecule has 0 saturated carbocycles. The summed E-state index contributed by atoms with van der Waals surface area (Å²) in [5, 5.41) is 0.775. The van der Waals surface area contributed by atoms with Crippen LogP contribution in [0.3, 0.4) is 0 Å². The summed E-state index contributed by atoms with van der Waals surface area (Å²) in [6.07, 6.45) is 0. The fourth-order valence-corrected chi connectivity index (χ4v) is 3.40. The SMILES string of the molecule is C[Si](C)(C)CCOC(=O)c1c(OS(=O)(=O)C(F)(F)F)ccc2ccccc12. The second kappa shape index (κ2) is 7.51. The molecule has 0 amide bonds. The molecular weight excluding hydrogens is 401 g/mol. The Labute approximate surface area is 156 Å². The third-order valence-corrected chi connectivity index (χ3v) is 6.33. The highest BCUT2D eigenvalue weighted by Gasteiger charge is 2.49. The highest BCUT2D eigenvalue weighted by Crippen LogP contribution is 2.33. The van der Waals surface area contributed by atoms with Crippen molar-refractivity contribution >= 4 is 34.9 Å². The lowest BCUT2D eigenvalue weighted by Gasteiger charge is -2.17. The van der Waals surface area contributed by atoms with Crippen molar-refractivity contribution in [1.29, 1.82) is 0 Å². The van der Waals surface area contributed by atoms with Gasteiger partial charge >= 0.3 is 21.6 Å². The average molecular weight is 420 g/mol. The number of carbonyl (C=O) groups excluding carboxylic acids is 1. The van der Waals surface area contributed by atoms with Crippen molar-refractivity contribution in [3.05, 3.63) is 42.0 Å². The maximum absolute atomic E-state index is 12.7. The Hall–Kier alpha value is -2.07. The van der Waals surface area contributed by atoms with E-state index in [0.717, 1.165) is 6.07 Å². The van der Waals surface area contributed by atoms with E-state index in [0.29, 0.717) is 11.4 Å². The Morgan fingerprint density at radius 2 is 1.70 bits per heavy atom. The molecule has 0 aliphatic carbocycles. The number of halogens is 3. The summed E-state index contributed by atoms with van der Waals surface area (Å²) in [7, 11) is -7.43. The fourth-order valence-electron chi connectivity index (χ4n) is 2.22. The standard InChI is InChI=1S/C17H19F3O5SSi/c1-27(2,3)11-10-24-16(21)15-13-7-5-4-6-12(13)8-9-14(15)25-26(22,23)17(18,19)20/h4-9H,10-11H2,1-3H3. The van der Waals surface area contributed by atoms with Crippen molar-refractivity contribution in [3.63, 3.8) is 0 Å². The number of rotatable bonds is 6. The first kappa shape index (κ1) is 21.2. The third-order valence-electron chi connectivity index (χ3n) is 3.66. The molecule has 0 aliphatic heterocycles. The summed E-state index contributed by atoms with van der Waals surface area (Å²) in [4.78, 5) is 12.5. The lowest BCUT2D eigenvalue weighted by atomic mass is 10.0. The lowest BCUT2D eigenvalue weighted by molar-refractivity contribution is -0.0500. The molecule has 0 aliphatic rings. The maximum atomic E-state index is 12.7. The minimum atomic E-state index is -5.92. The van der Waals surface area contributed by atoms with E-state index in [1.165, 1.54) is 12.1 Å². The first-order valence-corrected chi connectivity index (χ1v) is 13.1. The summed E-state index contributed by atoms with van der Waals surface area (Å²) in [5.74, 6) is -1.65. The topological polar surface area (TPSA) is 69.7 Å². The summed E-state index contributed by atoms with van der Waals surface area (Å²) in [5.41, 5.74) is -5.96. The zero-order valence-corrected chi connectivity index (χ0v) is 16.8. The molecule has 5 nitrogen and oxygen atoms in total. The number of benzene rings is 2. The Balaban J connectivity index is 2.46. The first-order valence-electron chi connectivity index (χ1n) is 8.01. The van der Waals surface area contributed by atoms with Gasteiger partial charge in [-0.3, -0.25) is 0 Å². The van der Waals surface area contributed by atoms with Gasteiger partial charge in [-0.25, -0.2) is 4.79 Å². The number of hydrogen-bond acceptors (Lipinski definition) is 5. The molecule has 0 fully saturated rings. The van der Waals surface area contributed by atoms with Crippen LogP contribution in [0.2, 0.25) is 25.7 Å². The highest BCUT2D eigenvalue weighted by molar-refractivity contribution is 7.88. The Bertz CT molecular complexity index is 949. The number of esters is 1. The maximum Gasteiger partial charge on any atom is 0.534 e. The summed E-state index contributed by atoms with van der Waals surface area (Å²) in [6, 6.07) is 9.41. The normalized spacial score (nSPS) is 12.8. The number of ether oxygens (including phenoxy) is 1. The monoisotopic (exact) mass is 420 g/mol. The van der Waals surface area contributed by atoms with Gasteiger partial charge in [0.1, 0.15) is 5.56 Å². The van der Waals surface area contributed by atoms with Crippen LogP contribution in [0.15, 0.2) is 36.4 Å². The van der Waals surface area contributed by atoms with Gasteiger partial charge in [0, 0.05) is 13.5 Å². The van der Waals surface area contributed by atoms with Crippen LogP contribution in [0.5, 0.6) is 5.75 Å². The molecule has 0 spiro atoms. The van der Waals surface area contributed by atoms with E-state index < -0.39 is 35.4 Å². The van der Waals surface area contributed by atoms with Crippen molar-refractivity contribution < 1.29 is 35.3 Å². The van der Waals surface area contributed by atoms with Crippen LogP contribution in [-0.2, 0) is 14.9 Å². The Morgan fingerprint density at radius 1 is 1.07 bits per heavy atom. The average Bonchev–Trinajstić information content (AvgIpc) is 2.51. The fraction of sp³-hybridized carbons (Fsp3) is 0.353. The largest absolute Gasteiger partial charge is 0.534 e. The molecule has 2 aromatic rings. The molecule has 0 heterocycles. The van der Waals surface area contributed by atoms with Gasteiger partial charge in [0.2, 0.25) is 0 Å². The Morgan fingerprint density at radius 3 is 2.30 bits per heavy atom.